The Bertz CT molecular complexity index is 1020. The zero-order valence-electron chi connectivity index (χ0n) is 15.1. The highest BCUT2D eigenvalue weighted by molar-refractivity contribution is 5.77. The Morgan fingerprint density at radius 1 is 1.14 bits per heavy atom. The Hall–Kier alpha value is -2.68. The van der Waals surface area contributed by atoms with E-state index in [1.807, 2.05) is 0 Å². The van der Waals surface area contributed by atoms with Gasteiger partial charge in [0.05, 0.1) is 35.8 Å². The quantitative estimate of drug-likeness (QED) is 0.689. The molecule has 0 bridgehead atoms. The molecule has 0 saturated heterocycles. The predicted molar refractivity (Wildman–Crippen MR) is 95.7 cm³/mol. The second kappa shape index (κ2) is 6.73. The van der Waals surface area contributed by atoms with Crippen LogP contribution in [0.4, 0.5) is 13.2 Å². The number of phenolic OH excluding ortho intramolecular Hbond substituents is 1. The molecule has 9 heteroatoms. The van der Waals surface area contributed by atoms with E-state index in [4.69, 9.17) is 0 Å². The van der Waals surface area contributed by atoms with E-state index in [-0.39, 0.29) is 34.7 Å². The first-order valence-electron chi connectivity index (χ1n) is 9.04. The maximum Gasteiger partial charge on any atom is 0.416 e. The first-order chi connectivity index (χ1) is 13.2. The summed E-state index contributed by atoms with van der Waals surface area (Å²) in [6.07, 6.45) is 1.27. The molecular weight excluding hydrogens is 373 g/mol. The Kier molecular flexibility index (Phi) is 4.49. The van der Waals surface area contributed by atoms with Crippen molar-refractivity contribution >= 4 is 11.2 Å². The van der Waals surface area contributed by atoms with E-state index in [9.17, 15) is 23.4 Å². The van der Waals surface area contributed by atoms with Crippen molar-refractivity contribution in [2.75, 3.05) is 0 Å². The van der Waals surface area contributed by atoms with Gasteiger partial charge in [0, 0.05) is 5.56 Å². The third-order valence-electron chi connectivity index (χ3n) is 5.29. The molecule has 2 heterocycles. The van der Waals surface area contributed by atoms with Gasteiger partial charge in [0.1, 0.15) is 11.3 Å². The third-order valence-corrected chi connectivity index (χ3v) is 5.29. The summed E-state index contributed by atoms with van der Waals surface area (Å²) in [5.41, 5.74) is 0.0339. The number of hydrogen-bond acceptors (Lipinski definition) is 5. The normalized spacial score (nSPS) is 20.6. The number of nitrogens with zero attached hydrogens (tertiary/aromatic N) is 4. The van der Waals surface area contributed by atoms with E-state index < -0.39 is 11.7 Å². The van der Waals surface area contributed by atoms with Crippen molar-refractivity contribution in [1.29, 1.82) is 0 Å². The molecule has 0 aliphatic heterocycles. The lowest BCUT2D eigenvalue weighted by Crippen LogP contribution is -2.21. The van der Waals surface area contributed by atoms with E-state index in [0.29, 0.717) is 24.0 Å². The lowest BCUT2D eigenvalue weighted by atomic mass is 9.93. The second-order valence-electron chi connectivity index (χ2n) is 7.17. The van der Waals surface area contributed by atoms with Gasteiger partial charge in [0.25, 0.3) is 0 Å². The summed E-state index contributed by atoms with van der Waals surface area (Å²) >= 11 is 0. The smallest absolute Gasteiger partial charge is 0.416 e. The monoisotopic (exact) mass is 392 g/mol. The van der Waals surface area contributed by atoms with Crippen LogP contribution in [0.5, 0.6) is 5.75 Å². The zero-order valence-corrected chi connectivity index (χ0v) is 15.1. The highest BCUT2D eigenvalue weighted by Gasteiger charge is 2.34. The van der Waals surface area contributed by atoms with E-state index in [0.717, 1.165) is 25.0 Å². The van der Waals surface area contributed by atoms with Crippen LogP contribution in [0.3, 0.4) is 0 Å². The van der Waals surface area contributed by atoms with Crippen molar-refractivity contribution in [3.63, 3.8) is 0 Å². The molecule has 1 saturated carbocycles. The molecule has 1 fully saturated rings. The number of aliphatic hydroxyl groups excluding tert-OH is 1. The highest BCUT2D eigenvalue weighted by atomic mass is 19.4. The summed E-state index contributed by atoms with van der Waals surface area (Å²) in [7, 11) is 0. The van der Waals surface area contributed by atoms with Crippen LogP contribution in [0.15, 0.2) is 24.5 Å². The summed E-state index contributed by atoms with van der Waals surface area (Å²) in [6, 6.07) is 2.00. The molecule has 2 N–H and O–H groups in total. The summed E-state index contributed by atoms with van der Waals surface area (Å²) in [5.74, 6) is -0.292. The molecule has 4 rings (SSSR count). The lowest BCUT2D eigenvalue weighted by molar-refractivity contribution is -0.138. The van der Waals surface area contributed by atoms with Crippen molar-refractivity contribution < 1.29 is 23.4 Å². The van der Waals surface area contributed by atoms with Crippen LogP contribution in [0, 0.1) is 6.92 Å². The molecule has 3 aromatic rings. The van der Waals surface area contributed by atoms with Gasteiger partial charge in [-0.05, 0) is 50.3 Å². The summed E-state index contributed by atoms with van der Waals surface area (Å²) < 4.78 is 41.4. The summed E-state index contributed by atoms with van der Waals surface area (Å²) in [5, 5.41) is 24.2. The number of alkyl halides is 3. The van der Waals surface area contributed by atoms with E-state index in [1.54, 1.807) is 10.9 Å². The molecule has 28 heavy (non-hydrogen) atoms. The second-order valence-corrected chi connectivity index (χ2v) is 7.17. The number of halogens is 3. The molecular formula is C19H19F3N4O2. The predicted octanol–water partition coefficient (Wildman–Crippen LogP) is 4.00. The minimum Gasteiger partial charge on any atom is -0.507 e. The number of benzene rings is 1. The van der Waals surface area contributed by atoms with Crippen LogP contribution in [0.1, 0.15) is 42.9 Å². The highest BCUT2D eigenvalue weighted by Crippen LogP contribution is 2.40. The van der Waals surface area contributed by atoms with Crippen LogP contribution in [0.25, 0.3) is 22.4 Å². The van der Waals surface area contributed by atoms with E-state index in [2.05, 4.69) is 15.1 Å². The van der Waals surface area contributed by atoms with E-state index in [1.165, 1.54) is 13.1 Å². The van der Waals surface area contributed by atoms with Gasteiger partial charge in [-0.3, -0.25) is 4.68 Å². The maximum atomic E-state index is 13.2. The Morgan fingerprint density at radius 3 is 2.54 bits per heavy atom. The fraction of sp³-hybridized carbons (Fsp3) is 0.421. The lowest BCUT2D eigenvalue weighted by Gasteiger charge is -2.25. The number of aromatic hydroxyl groups is 1. The minimum absolute atomic E-state index is 0.000404. The molecule has 2 aromatic heterocycles. The van der Waals surface area contributed by atoms with Crippen LogP contribution >= 0.6 is 0 Å². The van der Waals surface area contributed by atoms with E-state index >= 15 is 0 Å². The number of fused-ring (bicyclic) bond motifs is 1. The van der Waals surface area contributed by atoms with Crippen molar-refractivity contribution in [3.8, 4) is 17.0 Å². The zero-order chi connectivity index (χ0) is 20.1. The Morgan fingerprint density at radius 2 is 1.86 bits per heavy atom. The average molecular weight is 392 g/mol. The molecule has 6 nitrogen and oxygen atoms in total. The average Bonchev–Trinajstić information content (AvgIpc) is 3.04. The van der Waals surface area contributed by atoms with Gasteiger partial charge in [-0.2, -0.15) is 18.3 Å². The fourth-order valence-electron chi connectivity index (χ4n) is 3.77. The molecule has 1 aromatic carbocycles. The van der Waals surface area contributed by atoms with Crippen LogP contribution < -0.4 is 0 Å². The maximum absolute atomic E-state index is 13.2. The Labute approximate surface area is 158 Å². The van der Waals surface area contributed by atoms with Gasteiger partial charge in [0.2, 0.25) is 0 Å². The van der Waals surface area contributed by atoms with Crippen LogP contribution in [-0.4, -0.2) is 36.1 Å². The van der Waals surface area contributed by atoms with Gasteiger partial charge < -0.3 is 10.2 Å². The molecule has 1 aliphatic carbocycles. The summed E-state index contributed by atoms with van der Waals surface area (Å²) in [4.78, 5) is 8.62. The van der Waals surface area contributed by atoms with Gasteiger partial charge in [-0.1, -0.05) is 0 Å². The standard InChI is InChI=1S/C19H19F3N4O2/c1-10-13(19(20,21)22)6-7-16(28)17(10)14-8-23-15-9-26(25-18(15)24-14)11-2-4-12(27)5-3-11/h6-9,11-12,27-28H,2-5H2,1H3. The molecule has 0 unspecified atom stereocenters. The molecule has 0 atom stereocenters. The number of rotatable bonds is 2. The number of aliphatic hydroxyl groups is 1. The third kappa shape index (κ3) is 3.30. The molecule has 1 aliphatic rings. The number of phenols is 1. The van der Waals surface area contributed by atoms with Crippen LogP contribution in [0.2, 0.25) is 0 Å². The van der Waals surface area contributed by atoms with Gasteiger partial charge >= 0.3 is 6.18 Å². The largest absolute Gasteiger partial charge is 0.507 e. The van der Waals surface area contributed by atoms with Crippen molar-refractivity contribution in [3.05, 3.63) is 35.7 Å². The van der Waals surface area contributed by atoms with Gasteiger partial charge in [-0.25, -0.2) is 9.97 Å². The first kappa shape index (κ1) is 18.7. The fourth-order valence-corrected chi connectivity index (χ4v) is 3.77. The number of aromatic nitrogens is 4. The molecule has 0 radical (unpaired) electrons. The SMILES string of the molecule is Cc1c(C(F)(F)F)ccc(O)c1-c1cnc2cn(C3CCC(O)CC3)nc2n1. The molecule has 0 amide bonds. The topological polar surface area (TPSA) is 84.1 Å². The molecule has 0 spiro atoms. The van der Waals surface area contributed by atoms with Gasteiger partial charge in [-0.15, -0.1) is 0 Å². The Balaban J connectivity index is 1.75. The van der Waals surface area contributed by atoms with Gasteiger partial charge in [0.15, 0.2) is 5.65 Å². The minimum atomic E-state index is -4.53. The van der Waals surface area contributed by atoms with Crippen molar-refractivity contribution in [1.82, 2.24) is 19.7 Å². The first-order valence-corrected chi connectivity index (χ1v) is 9.04. The summed E-state index contributed by atoms with van der Waals surface area (Å²) in [6.45, 7) is 1.30. The van der Waals surface area contributed by atoms with Crippen molar-refractivity contribution in [2.45, 2.75) is 50.9 Å². The number of hydrogen-bond donors (Lipinski definition) is 2. The van der Waals surface area contributed by atoms with Crippen molar-refractivity contribution in [2.24, 2.45) is 0 Å². The van der Waals surface area contributed by atoms with Crippen LogP contribution in [-0.2, 0) is 6.18 Å². The molecule has 148 valence electrons.